The third-order valence-corrected chi connectivity index (χ3v) is 3.02. The molecule has 112 valence electrons. The molecule has 0 heterocycles. The third kappa shape index (κ3) is 4.35. The van der Waals surface area contributed by atoms with Crippen LogP contribution in [0.5, 0.6) is 5.75 Å². The number of esters is 1. The van der Waals surface area contributed by atoms with Crippen LogP contribution in [0.2, 0.25) is 0 Å². The Morgan fingerprint density at radius 2 is 1.55 bits per heavy atom. The van der Waals surface area contributed by atoms with Gasteiger partial charge < -0.3 is 9.84 Å². The first-order valence-electron chi connectivity index (χ1n) is 7.10. The zero-order valence-corrected chi connectivity index (χ0v) is 12.4. The van der Waals surface area contributed by atoms with Crippen LogP contribution in [0.4, 0.5) is 0 Å². The summed E-state index contributed by atoms with van der Waals surface area (Å²) in [5.41, 5.74) is 0.606. The minimum absolute atomic E-state index is 0.256. The van der Waals surface area contributed by atoms with Crippen molar-refractivity contribution in [2.75, 3.05) is 6.61 Å². The average Bonchev–Trinajstić information content (AvgIpc) is 2.56. The van der Waals surface area contributed by atoms with Gasteiger partial charge in [-0.25, -0.2) is 4.79 Å². The number of rotatable bonds is 2. The van der Waals surface area contributed by atoms with E-state index in [2.05, 4.69) is 0 Å². The van der Waals surface area contributed by atoms with Crippen LogP contribution >= 0.6 is 0 Å². The van der Waals surface area contributed by atoms with Crippen LogP contribution in [0.1, 0.15) is 17.3 Å². The Kier molecular flexibility index (Phi) is 5.55. The maximum absolute atomic E-state index is 11.0. The summed E-state index contributed by atoms with van der Waals surface area (Å²) >= 11 is 0. The summed E-state index contributed by atoms with van der Waals surface area (Å²) in [6.07, 6.45) is 0. The number of benzene rings is 3. The van der Waals surface area contributed by atoms with Gasteiger partial charge in [-0.1, -0.05) is 48.5 Å². The molecule has 0 aliphatic carbocycles. The van der Waals surface area contributed by atoms with E-state index in [4.69, 9.17) is 9.84 Å². The predicted octanol–water partition coefficient (Wildman–Crippen LogP) is 4.41. The molecule has 0 radical (unpaired) electrons. The van der Waals surface area contributed by atoms with Crippen LogP contribution in [0, 0.1) is 0 Å². The van der Waals surface area contributed by atoms with Gasteiger partial charge in [0, 0.05) is 0 Å². The van der Waals surface area contributed by atoms with Crippen molar-refractivity contribution in [3.8, 4) is 5.75 Å². The molecule has 0 amide bonds. The Bertz CT molecular complexity index is 736. The van der Waals surface area contributed by atoms with E-state index in [-0.39, 0.29) is 5.97 Å². The number of ether oxygens (including phenoxy) is 1. The summed E-state index contributed by atoms with van der Waals surface area (Å²) < 4.78 is 4.79. The largest absolute Gasteiger partial charge is 0.508 e. The molecule has 0 fully saturated rings. The maximum Gasteiger partial charge on any atom is 0.338 e. The number of hydrogen-bond donors (Lipinski definition) is 1. The summed E-state index contributed by atoms with van der Waals surface area (Å²) in [6, 6.07) is 22.3. The number of fused-ring (bicyclic) bond motifs is 1. The zero-order chi connectivity index (χ0) is 15.8. The molecule has 0 bridgehead atoms. The highest BCUT2D eigenvalue weighted by Gasteiger charge is 2.02. The first kappa shape index (κ1) is 15.6. The van der Waals surface area contributed by atoms with Crippen LogP contribution in [0.25, 0.3) is 10.8 Å². The van der Waals surface area contributed by atoms with E-state index >= 15 is 0 Å². The highest BCUT2D eigenvalue weighted by Crippen LogP contribution is 2.18. The van der Waals surface area contributed by atoms with Gasteiger partial charge in [0.2, 0.25) is 0 Å². The van der Waals surface area contributed by atoms with E-state index in [1.165, 1.54) is 0 Å². The molecule has 1 N–H and O–H groups in total. The maximum atomic E-state index is 11.0. The normalized spacial score (nSPS) is 9.68. The number of carbonyl (C=O) groups excluding carboxylic acids is 1. The molecular formula is C19H18O3. The zero-order valence-electron chi connectivity index (χ0n) is 12.4. The smallest absolute Gasteiger partial charge is 0.338 e. The summed E-state index contributed by atoms with van der Waals surface area (Å²) in [4.78, 5) is 11.0. The molecule has 0 aliphatic heterocycles. The van der Waals surface area contributed by atoms with Gasteiger partial charge in [-0.3, -0.25) is 0 Å². The summed E-state index contributed by atoms with van der Waals surface area (Å²) in [5.74, 6) is 0.0665. The minimum Gasteiger partial charge on any atom is -0.508 e. The molecule has 0 spiro atoms. The van der Waals surface area contributed by atoms with Crippen LogP contribution < -0.4 is 0 Å². The van der Waals surface area contributed by atoms with Gasteiger partial charge in [-0.15, -0.1) is 0 Å². The fourth-order valence-electron chi connectivity index (χ4n) is 1.97. The molecule has 0 aliphatic rings. The number of aromatic hydroxyl groups is 1. The first-order valence-corrected chi connectivity index (χ1v) is 7.10. The number of phenolic OH excluding ortho intramolecular Hbond substituents is 1. The summed E-state index contributed by atoms with van der Waals surface area (Å²) in [6.45, 7) is 2.22. The Morgan fingerprint density at radius 3 is 2.23 bits per heavy atom. The molecule has 0 unspecified atom stereocenters. The Morgan fingerprint density at radius 1 is 0.909 bits per heavy atom. The molecule has 3 aromatic carbocycles. The van der Waals surface area contributed by atoms with Crippen molar-refractivity contribution in [2.45, 2.75) is 6.92 Å². The van der Waals surface area contributed by atoms with Gasteiger partial charge in [0.15, 0.2) is 0 Å². The molecule has 22 heavy (non-hydrogen) atoms. The van der Waals surface area contributed by atoms with Gasteiger partial charge in [-0.05, 0) is 42.0 Å². The molecule has 0 saturated carbocycles. The van der Waals surface area contributed by atoms with E-state index in [0.29, 0.717) is 17.9 Å². The van der Waals surface area contributed by atoms with Gasteiger partial charge in [0.05, 0.1) is 12.2 Å². The van der Waals surface area contributed by atoms with E-state index in [1.54, 1.807) is 31.2 Å². The highest BCUT2D eigenvalue weighted by molar-refractivity contribution is 5.89. The fourth-order valence-corrected chi connectivity index (χ4v) is 1.97. The molecule has 0 aromatic heterocycles. The van der Waals surface area contributed by atoms with Crippen molar-refractivity contribution < 1.29 is 14.6 Å². The number of hydrogen-bond acceptors (Lipinski definition) is 3. The lowest BCUT2D eigenvalue weighted by atomic mass is 10.1. The van der Waals surface area contributed by atoms with Gasteiger partial charge in [0.1, 0.15) is 5.75 Å². The van der Waals surface area contributed by atoms with Crippen LogP contribution in [0.3, 0.4) is 0 Å². The van der Waals surface area contributed by atoms with Gasteiger partial charge in [-0.2, -0.15) is 0 Å². The van der Waals surface area contributed by atoms with Crippen molar-refractivity contribution in [3.63, 3.8) is 0 Å². The molecule has 3 heteroatoms. The molecule has 0 saturated heterocycles. The molecule has 0 atom stereocenters. The van der Waals surface area contributed by atoms with E-state index in [9.17, 15) is 4.79 Å². The predicted molar refractivity (Wildman–Crippen MR) is 88.0 cm³/mol. The lowest BCUT2D eigenvalue weighted by Crippen LogP contribution is -2.03. The topological polar surface area (TPSA) is 46.5 Å². The van der Waals surface area contributed by atoms with Crippen molar-refractivity contribution in [2.24, 2.45) is 0 Å². The number of carbonyl (C=O) groups is 1. The van der Waals surface area contributed by atoms with E-state index in [1.807, 2.05) is 48.5 Å². The highest BCUT2D eigenvalue weighted by atomic mass is 16.5. The monoisotopic (exact) mass is 294 g/mol. The second kappa shape index (κ2) is 7.84. The van der Waals surface area contributed by atoms with Gasteiger partial charge >= 0.3 is 5.97 Å². The van der Waals surface area contributed by atoms with Crippen molar-refractivity contribution in [1.82, 2.24) is 0 Å². The van der Waals surface area contributed by atoms with E-state index < -0.39 is 0 Å². The molecule has 3 nitrogen and oxygen atoms in total. The summed E-state index contributed by atoms with van der Waals surface area (Å²) in [7, 11) is 0. The van der Waals surface area contributed by atoms with Crippen LogP contribution in [-0.2, 0) is 4.74 Å². The lowest BCUT2D eigenvalue weighted by Gasteiger charge is -1.99. The van der Waals surface area contributed by atoms with Gasteiger partial charge in [0.25, 0.3) is 0 Å². The second-order valence-corrected chi connectivity index (χ2v) is 4.62. The quantitative estimate of drug-likeness (QED) is 0.712. The van der Waals surface area contributed by atoms with Crippen molar-refractivity contribution in [1.29, 1.82) is 0 Å². The Balaban J connectivity index is 0.000000160. The average molecular weight is 294 g/mol. The molecule has 3 rings (SSSR count). The van der Waals surface area contributed by atoms with Crippen molar-refractivity contribution in [3.05, 3.63) is 78.4 Å². The van der Waals surface area contributed by atoms with Crippen molar-refractivity contribution >= 4 is 16.7 Å². The molecule has 3 aromatic rings. The number of phenols is 1. The first-order chi connectivity index (χ1) is 10.7. The third-order valence-electron chi connectivity index (χ3n) is 3.02. The lowest BCUT2D eigenvalue weighted by molar-refractivity contribution is 0.0526. The Hall–Kier alpha value is -2.81. The van der Waals surface area contributed by atoms with E-state index in [0.717, 1.165) is 10.8 Å². The SMILES string of the molecule is CCOC(=O)c1ccccc1.Oc1ccc2ccccc2c1. The standard InChI is InChI=1S/C10H8O.C9H10O2/c11-10-6-5-8-3-1-2-4-9(8)7-10;1-2-11-9(10)8-6-4-3-5-7-8/h1-7,11H;3-7H,2H2,1H3. The Labute approximate surface area is 129 Å². The second-order valence-electron chi connectivity index (χ2n) is 4.62. The fraction of sp³-hybridized carbons (Fsp3) is 0.105. The van der Waals surface area contributed by atoms with Crippen LogP contribution in [-0.4, -0.2) is 17.7 Å². The van der Waals surface area contributed by atoms with Crippen LogP contribution in [0.15, 0.2) is 72.8 Å². The minimum atomic E-state index is -0.256. The molecular weight excluding hydrogens is 276 g/mol. The summed E-state index contributed by atoms with van der Waals surface area (Å²) in [5, 5.41) is 11.4.